The first-order valence-corrected chi connectivity index (χ1v) is 17.6. The Morgan fingerprint density at radius 3 is 2.40 bits per heavy atom. The number of benzene rings is 3. The Morgan fingerprint density at radius 2 is 1.69 bits per heavy atom. The van der Waals surface area contributed by atoms with E-state index in [4.69, 9.17) is 33.2 Å². The number of aromatic nitrogens is 1. The van der Waals surface area contributed by atoms with Gasteiger partial charge in [0.25, 0.3) is 0 Å². The average molecular weight is 713 g/mol. The highest BCUT2D eigenvalue weighted by molar-refractivity contribution is 5.91. The summed E-state index contributed by atoms with van der Waals surface area (Å²) in [4.78, 5) is 45.8. The van der Waals surface area contributed by atoms with Crippen molar-refractivity contribution in [2.24, 2.45) is 17.8 Å². The molecule has 1 N–H and O–H groups in total. The highest BCUT2D eigenvalue weighted by Crippen LogP contribution is 2.50. The number of nitrogens with one attached hydrogen (secondary N) is 1. The molecular weight excluding hydrogens is 668 g/mol. The maximum atomic E-state index is 13.7. The second-order valence-electron chi connectivity index (χ2n) is 13.8. The number of methoxy groups -OCH3 is 4. The van der Waals surface area contributed by atoms with Gasteiger partial charge in [0.1, 0.15) is 18.5 Å². The van der Waals surface area contributed by atoms with Gasteiger partial charge < -0.3 is 38.1 Å². The van der Waals surface area contributed by atoms with Gasteiger partial charge in [-0.3, -0.25) is 9.69 Å². The van der Waals surface area contributed by atoms with Crippen LogP contribution in [0.25, 0.3) is 10.9 Å². The molecule has 12 nitrogen and oxygen atoms in total. The van der Waals surface area contributed by atoms with Gasteiger partial charge in [0.2, 0.25) is 5.75 Å². The van der Waals surface area contributed by atoms with Crippen LogP contribution in [-0.4, -0.2) is 75.6 Å². The van der Waals surface area contributed by atoms with Crippen molar-refractivity contribution in [3.8, 4) is 23.0 Å². The van der Waals surface area contributed by atoms with Gasteiger partial charge in [0.15, 0.2) is 11.5 Å². The molecule has 0 radical (unpaired) electrons. The van der Waals surface area contributed by atoms with Crippen molar-refractivity contribution in [3.63, 3.8) is 0 Å². The van der Waals surface area contributed by atoms with Crippen LogP contribution in [0.2, 0.25) is 0 Å². The third-order valence-electron chi connectivity index (χ3n) is 10.8. The van der Waals surface area contributed by atoms with Crippen LogP contribution >= 0.6 is 0 Å². The first-order chi connectivity index (χ1) is 25.2. The summed E-state index contributed by atoms with van der Waals surface area (Å²) in [6.07, 6.45) is 1.22. The molecule has 7 rings (SSSR count). The molecule has 1 aromatic heterocycles. The molecule has 1 saturated heterocycles. The van der Waals surface area contributed by atoms with Crippen LogP contribution in [0.4, 0.5) is 4.79 Å². The quantitative estimate of drug-likeness (QED) is 0.115. The number of esters is 2. The minimum atomic E-state index is -0.955. The maximum absolute atomic E-state index is 13.7. The van der Waals surface area contributed by atoms with Crippen LogP contribution in [0.3, 0.4) is 0 Å². The Balaban J connectivity index is 1.06. The fourth-order valence-corrected chi connectivity index (χ4v) is 8.43. The number of rotatable bonds is 9. The number of carbonyl (C=O) groups is 3. The molecule has 2 fully saturated rings. The van der Waals surface area contributed by atoms with E-state index in [0.29, 0.717) is 12.8 Å². The first kappa shape index (κ1) is 35.2. The van der Waals surface area contributed by atoms with Crippen molar-refractivity contribution in [1.82, 2.24) is 9.88 Å². The minimum Gasteiger partial charge on any atom is -0.497 e. The number of H-pyrrole nitrogens is 1. The Labute approximate surface area is 302 Å². The number of aryl methyl sites for hydroxylation is 1. The number of nitrogens with zero attached hydrogens (tertiary/aromatic N) is 1. The second-order valence-corrected chi connectivity index (χ2v) is 13.8. The third kappa shape index (κ3) is 6.87. The van der Waals surface area contributed by atoms with E-state index < -0.39 is 24.1 Å². The zero-order valence-corrected chi connectivity index (χ0v) is 30.1. The summed E-state index contributed by atoms with van der Waals surface area (Å²) in [5.41, 5.74) is 5.59. The summed E-state index contributed by atoms with van der Waals surface area (Å²) in [6, 6.07) is 16.7. The van der Waals surface area contributed by atoms with Gasteiger partial charge in [0, 0.05) is 35.8 Å². The van der Waals surface area contributed by atoms with Crippen molar-refractivity contribution in [1.29, 1.82) is 0 Å². The third-order valence-corrected chi connectivity index (χ3v) is 10.8. The number of piperidine rings is 1. The van der Waals surface area contributed by atoms with E-state index in [0.717, 1.165) is 48.3 Å². The lowest BCUT2D eigenvalue weighted by atomic mass is 9.65. The molecule has 274 valence electrons. The number of fused-ring (bicyclic) bond motifs is 6. The molecule has 12 heteroatoms. The number of carbonyl (C=O) groups excluding carboxylic acids is 3. The standard InChI is InChI=1S/C40H44N2O10/c1-22-7-6-8-23(13-22)21-50-40(45)52-37-34(47-3)15-24(16-35(37)48-4)38(43)51-27-14-25-20-42-12-11-29-28-10-9-26(46-2)18-32(28)41-36(29)33(42)19-30(25)31(17-27)39(44)49-5/h6-10,13,15-16,18,25,27,30-31,33,41H,11-12,14,17,19-21H2,1-5H3. The highest BCUT2D eigenvalue weighted by Gasteiger charge is 2.49. The van der Waals surface area contributed by atoms with E-state index in [1.54, 1.807) is 7.11 Å². The van der Waals surface area contributed by atoms with Gasteiger partial charge in [-0.05, 0) is 79.8 Å². The molecule has 3 aliphatic rings. The summed E-state index contributed by atoms with van der Waals surface area (Å²) in [5, 5.41) is 1.21. The molecule has 5 unspecified atom stereocenters. The predicted molar refractivity (Wildman–Crippen MR) is 190 cm³/mol. The number of aromatic amines is 1. The van der Waals surface area contributed by atoms with E-state index in [-0.39, 0.29) is 53.3 Å². The monoisotopic (exact) mass is 712 g/mol. The molecule has 3 heterocycles. The minimum absolute atomic E-state index is 0.0173. The molecule has 1 aliphatic carbocycles. The summed E-state index contributed by atoms with van der Waals surface area (Å²) < 4.78 is 38.6. The molecule has 0 bridgehead atoms. The topological polar surface area (TPSA) is 135 Å². The normalized spacial score (nSPS) is 22.3. The highest BCUT2D eigenvalue weighted by atomic mass is 16.7. The molecule has 2 aliphatic heterocycles. The Bertz CT molecular complexity index is 1960. The Morgan fingerprint density at radius 1 is 0.904 bits per heavy atom. The van der Waals surface area contributed by atoms with Crippen LogP contribution in [-0.2, 0) is 32.0 Å². The van der Waals surface area contributed by atoms with Crippen LogP contribution < -0.4 is 18.9 Å². The first-order valence-electron chi connectivity index (χ1n) is 17.6. The van der Waals surface area contributed by atoms with E-state index >= 15 is 0 Å². The zero-order valence-electron chi connectivity index (χ0n) is 30.1. The van der Waals surface area contributed by atoms with Gasteiger partial charge in [-0.2, -0.15) is 0 Å². The van der Waals surface area contributed by atoms with Crippen molar-refractivity contribution < 1.29 is 47.5 Å². The van der Waals surface area contributed by atoms with Crippen molar-refractivity contribution >= 4 is 29.0 Å². The SMILES string of the molecule is COC(=O)C1CC(OC(=O)c2cc(OC)c(OC(=O)OCc3cccc(C)c3)c(OC)c2)CC2CN3CCc4c([nH]c5cc(OC)ccc45)C3CC21. The largest absolute Gasteiger partial charge is 0.514 e. The summed E-state index contributed by atoms with van der Waals surface area (Å²) in [6.45, 7) is 3.65. The fourth-order valence-electron chi connectivity index (χ4n) is 8.43. The van der Waals surface area contributed by atoms with Gasteiger partial charge >= 0.3 is 18.1 Å². The van der Waals surface area contributed by atoms with Crippen molar-refractivity contribution in [2.75, 3.05) is 41.5 Å². The lowest BCUT2D eigenvalue weighted by Crippen LogP contribution is -2.52. The molecule has 5 atom stereocenters. The molecular formula is C40H44N2O10. The summed E-state index contributed by atoms with van der Waals surface area (Å²) in [7, 11) is 5.86. The van der Waals surface area contributed by atoms with Crippen LogP contribution in [0, 0.1) is 24.7 Å². The molecule has 3 aromatic carbocycles. The van der Waals surface area contributed by atoms with E-state index in [9.17, 15) is 14.4 Å². The van der Waals surface area contributed by atoms with Crippen LogP contribution in [0.5, 0.6) is 23.0 Å². The summed E-state index contributed by atoms with van der Waals surface area (Å²) >= 11 is 0. The van der Waals surface area contributed by atoms with Crippen molar-refractivity contribution in [3.05, 3.63) is 82.5 Å². The Hall–Kier alpha value is -5.23. The lowest BCUT2D eigenvalue weighted by molar-refractivity contribution is -0.155. The molecule has 0 amide bonds. The lowest BCUT2D eigenvalue weighted by Gasteiger charge is -2.51. The predicted octanol–water partition coefficient (Wildman–Crippen LogP) is 6.56. The number of ether oxygens (including phenoxy) is 7. The number of hydrogen-bond donors (Lipinski definition) is 1. The van der Waals surface area contributed by atoms with E-state index in [1.165, 1.54) is 50.1 Å². The molecule has 4 aromatic rings. The van der Waals surface area contributed by atoms with Crippen LogP contribution in [0.15, 0.2) is 54.6 Å². The second kappa shape index (κ2) is 14.8. The van der Waals surface area contributed by atoms with Gasteiger partial charge in [0.05, 0.1) is 46.0 Å². The maximum Gasteiger partial charge on any atom is 0.514 e. The molecule has 1 saturated carbocycles. The van der Waals surface area contributed by atoms with Crippen molar-refractivity contribution in [2.45, 2.75) is 51.4 Å². The van der Waals surface area contributed by atoms with Gasteiger partial charge in [-0.25, -0.2) is 9.59 Å². The summed E-state index contributed by atoms with van der Waals surface area (Å²) in [5.74, 6) is -0.173. The molecule has 52 heavy (non-hydrogen) atoms. The van der Waals surface area contributed by atoms with E-state index in [2.05, 4.69) is 16.0 Å². The fraction of sp³-hybridized carbons (Fsp3) is 0.425. The molecule has 0 spiro atoms. The number of hydrogen-bond acceptors (Lipinski definition) is 11. The van der Waals surface area contributed by atoms with Crippen LogP contribution in [0.1, 0.15) is 58.0 Å². The van der Waals surface area contributed by atoms with Gasteiger partial charge in [-0.1, -0.05) is 29.8 Å². The van der Waals surface area contributed by atoms with E-state index in [1.807, 2.05) is 43.3 Å². The van der Waals surface area contributed by atoms with Gasteiger partial charge in [-0.15, -0.1) is 0 Å². The average Bonchev–Trinajstić information content (AvgIpc) is 3.54. The zero-order chi connectivity index (χ0) is 36.5. The smallest absolute Gasteiger partial charge is 0.497 e. The Kier molecular flexibility index (Phi) is 10.0.